The summed E-state index contributed by atoms with van der Waals surface area (Å²) in [6.45, 7) is 3.77. The van der Waals surface area contributed by atoms with Crippen LogP contribution in [0.1, 0.15) is 68.6 Å². The summed E-state index contributed by atoms with van der Waals surface area (Å²) >= 11 is 0.535. The van der Waals surface area contributed by atoms with Gasteiger partial charge < -0.3 is 11.1 Å². The lowest BCUT2D eigenvalue weighted by atomic mass is 10.0. The van der Waals surface area contributed by atoms with Crippen LogP contribution in [0.3, 0.4) is 0 Å². The summed E-state index contributed by atoms with van der Waals surface area (Å²) in [5, 5.41) is 10.5. The average molecular weight is 623 g/mol. The Morgan fingerprint density at radius 1 is 1.05 bits per heavy atom. The van der Waals surface area contributed by atoms with Gasteiger partial charge >= 0.3 is 12.4 Å². The smallest absolute Gasteiger partial charge is 0.365 e. The number of anilines is 1. The third-order valence-corrected chi connectivity index (χ3v) is 8.04. The van der Waals surface area contributed by atoms with Gasteiger partial charge in [0.05, 0.1) is 11.4 Å². The molecule has 6 rings (SSSR count). The molecule has 5 heterocycles. The molecule has 0 bridgehead atoms. The highest BCUT2D eigenvalue weighted by Crippen LogP contribution is 2.45. The van der Waals surface area contributed by atoms with E-state index in [-0.39, 0.29) is 49.2 Å². The van der Waals surface area contributed by atoms with Gasteiger partial charge in [-0.15, -0.1) is 11.3 Å². The number of nitrogens with zero attached hydrogens (tertiary/aromatic N) is 6. The Balaban J connectivity index is 1.52. The Kier molecular flexibility index (Phi) is 6.48. The summed E-state index contributed by atoms with van der Waals surface area (Å²) < 4.78 is 85.1. The van der Waals surface area contributed by atoms with E-state index in [2.05, 4.69) is 25.5 Å². The minimum Gasteiger partial charge on any atom is -0.365 e. The van der Waals surface area contributed by atoms with Crippen LogP contribution in [0, 0.1) is 6.92 Å². The van der Waals surface area contributed by atoms with Crippen molar-refractivity contribution < 1.29 is 35.9 Å². The molecule has 1 aliphatic rings. The maximum atomic E-state index is 13.9. The molecule has 1 fully saturated rings. The fourth-order valence-corrected chi connectivity index (χ4v) is 5.77. The van der Waals surface area contributed by atoms with Crippen molar-refractivity contribution in [2.24, 2.45) is 5.73 Å². The molecule has 10 nitrogen and oxygen atoms in total. The summed E-state index contributed by atoms with van der Waals surface area (Å²) in [5.41, 5.74) is 3.08. The van der Waals surface area contributed by atoms with Crippen LogP contribution < -0.4 is 11.1 Å². The molecule has 3 N–H and O–H groups in total. The van der Waals surface area contributed by atoms with Gasteiger partial charge in [-0.05, 0) is 44.4 Å². The van der Waals surface area contributed by atoms with E-state index >= 15 is 0 Å². The summed E-state index contributed by atoms with van der Waals surface area (Å²) in [6.07, 6.45) is -6.76. The molecule has 43 heavy (non-hydrogen) atoms. The number of aryl methyl sites for hydroxylation is 2. The molecule has 0 radical (unpaired) electrons. The van der Waals surface area contributed by atoms with Crippen molar-refractivity contribution in [1.82, 2.24) is 29.4 Å². The molecular formula is C26H20F6N8O2S. The molecule has 2 amide bonds. The number of alkyl halides is 6. The van der Waals surface area contributed by atoms with E-state index in [1.165, 1.54) is 10.9 Å². The van der Waals surface area contributed by atoms with Crippen LogP contribution in [0.2, 0.25) is 0 Å². The number of fused-ring (bicyclic) bond motifs is 2. The van der Waals surface area contributed by atoms with Crippen molar-refractivity contribution in [2.75, 3.05) is 5.32 Å². The monoisotopic (exact) mass is 622 g/mol. The number of carbonyl (C=O) groups is 2. The minimum absolute atomic E-state index is 0.0206. The van der Waals surface area contributed by atoms with Crippen LogP contribution in [-0.2, 0) is 18.9 Å². The number of hydrogen-bond acceptors (Lipinski definition) is 7. The molecule has 17 heteroatoms. The Morgan fingerprint density at radius 2 is 1.77 bits per heavy atom. The lowest BCUT2D eigenvalue weighted by Crippen LogP contribution is -2.18. The fourth-order valence-electron chi connectivity index (χ4n) is 4.77. The maximum Gasteiger partial charge on any atom is 0.433 e. The van der Waals surface area contributed by atoms with Crippen LogP contribution in [0.4, 0.5) is 32.0 Å². The summed E-state index contributed by atoms with van der Waals surface area (Å²) in [7, 11) is 0. The zero-order valence-electron chi connectivity index (χ0n) is 22.3. The van der Waals surface area contributed by atoms with E-state index in [0.717, 1.165) is 18.2 Å². The first kappa shape index (κ1) is 28.6. The lowest BCUT2D eigenvalue weighted by molar-refractivity contribution is -0.143. The van der Waals surface area contributed by atoms with Crippen LogP contribution in [0.5, 0.6) is 0 Å². The van der Waals surface area contributed by atoms with Crippen molar-refractivity contribution in [2.45, 2.75) is 51.5 Å². The molecule has 5 aromatic heterocycles. The van der Waals surface area contributed by atoms with Gasteiger partial charge in [-0.3, -0.25) is 14.3 Å². The van der Waals surface area contributed by atoms with Crippen LogP contribution in [0.25, 0.3) is 27.0 Å². The average Bonchev–Trinajstić information content (AvgIpc) is 3.41. The highest BCUT2D eigenvalue weighted by atomic mass is 32.1. The SMILES string of the molecule is CCn1cc(-c2cc(C(F)(F)F)nc3sc(C(N)=O)c(NC(=O)c4cc5nc(C6CC6)cc(C(F)(F)F)n5n4)c23)c(C)n1. The first-order chi connectivity index (χ1) is 20.2. The number of hydrogen-bond donors (Lipinski definition) is 2. The lowest BCUT2D eigenvalue weighted by Gasteiger charge is -2.11. The van der Waals surface area contributed by atoms with Gasteiger partial charge in [0.1, 0.15) is 21.1 Å². The number of carbonyl (C=O) groups excluding carboxylic acids is 2. The number of primary amides is 1. The molecule has 1 aliphatic carbocycles. The molecule has 1 saturated carbocycles. The standard InChI is InChI=1S/C26H20F6N8O2S/c1-3-39-9-13(10(2)37-39)12-6-16(25(27,28)29)35-24-19(12)20(21(43-24)22(33)41)36-23(42)15-8-18-34-14(11-4-5-11)7-17(26(30,31)32)40(18)38-15/h6-9,11H,3-5H2,1-2H3,(H2,33,41)(H,36,42). The van der Waals surface area contributed by atoms with Crippen molar-refractivity contribution in [3.05, 3.63) is 57.7 Å². The summed E-state index contributed by atoms with van der Waals surface area (Å²) in [4.78, 5) is 33.2. The second kappa shape index (κ2) is 9.75. The zero-order chi connectivity index (χ0) is 31.0. The Labute approximate surface area is 241 Å². The fraction of sp³-hybridized carbons (Fsp3) is 0.308. The van der Waals surface area contributed by atoms with Gasteiger partial charge in [0.15, 0.2) is 11.3 Å². The van der Waals surface area contributed by atoms with Gasteiger partial charge in [-0.25, -0.2) is 14.5 Å². The normalized spacial score (nSPS) is 14.1. The molecule has 224 valence electrons. The number of thiophene rings is 1. The molecule has 0 atom stereocenters. The van der Waals surface area contributed by atoms with Gasteiger partial charge in [0.2, 0.25) is 0 Å². The zero-order valence-corrected chi connectivity index (χ0v) is 23.1. The van der Waals surface area contributed by atoms with E-state index in [1.807, 2.05) is 0 Å². The van der Waals surface area contributed by atoms with E-state index in [4.69, 9.17) is 5.73 Å². The molecule has 0 spiro atoms. The number of nitrogens with two attached hydrogens (primary N) is 1. The van der Waals surface area contributed by atoms with Crippen molar-refractivity contribution in [3.8, 4) is 11.1 Å². The van der Waals surface area contributed by atoms with Crippen molar-refractivity contribution >= 4 is 44.7 Å². The van der Waals surface area contributed by atoms with E-state index < -0.39 is 41.2 Å². The number of halogens is 6. The topological polar surface area (TPSA) is 133 Å². The number of amides is 2. The number of aromatic nitrogens is 6. The second-order valence-corrected chi connectivity index (χ2v) is 11.0. The quantitative estimate of drug-likeness (QED) is 0.230. The van der Waals surface area contributed by atoms with Gasteiger partial charge in [-0.1, -0.05) is 0 Å². The number of rotatable bonds is 6. The Bertz CT molecular complexity index is 1950. The minimum atomic E-state index is -4.85. The molecule has 5 aromatic rings. The van der Waals surface area contributed by atoms with Crippen molar-refractivity contribution in [1.29, 1.82) is 0 Å². The summed E-state index contributed by atoms with van der Waals surface area (Å²) in [5.74, 6) is -2.23. The van der Waals surface area contributed by atoms with Crippen LogP contribution in [-0.4, -0.2) is 41.2 Å². The number of pyridine rings is 1. The third kappa shape index (κ3) is 5.06. The van der Waals surface area contributed by atoms with E-state index in [0.29, 0.717) is 40.9 Å². The second-order valence-electron chi connectivity index (χ2n) is 9.98. The largest absolute Gasteiger partial charge is 0.433 e. The molecule has 0 aliphatic heterocycles. The van der Waals surface area contributed by atoms with Gasteiger partial charge in [0.25, 0.3) is 11.8 Å². The molecule has 0 aromatic carbocycles. The first-order valence-electron chi connectivity index (χ1n) is 12.8. The Morgan fingerprint density at radius 3 is 2.35 bits per heavy atom. The van der Waals surface area contributed by atoms with Gasteiger partial charge in [-0.2, -0.15) is 36.5 Å². The third-order valence-electron chi connectivity index (χ3n) is 6.94. The first-order valence-corrected chi connectivity index (χ1v) is 13.7. The maximum absolute atomic E-state index is 13.9. The highest BCUT2D eigenvalue weighted by Gasteiger charge is 2.38. The van der Waals surface area contributed by atoms with E-state index in [1.54, 1.807) is 13.8 Å². The van der Waals surface area contributed by atoms with Crippen molar-refractivity contribution in [3.63, 3.8) is 0 Å². The van der Waals surface area contributed by atoms with Crippen LogP contribution in [0.15, 0.2) is 24.4 Å². The predicted molar refractivity (Wildman–Crippen MR) is 143 cm³/mol. The van der Waals surface area contributed by atoms with Crippen LogP contribution >= 0.6 is 11.3 Å². The van der Waals surface area contributed by atoms with E-state index in [9.17, 15) is 35.9 Å². The summed E-state index contributed by atoms with van der Waals surface area (Å²) in [6, 6.07) is 2.74. The van der Waals surface area contributed by atoms with Gasteiger partial charge in [0, 0.05) is 41.4 Å². The number of nitrogens with one attached hydrogen (secondary N) is 1. The molecule has 0 unspecified atom stereocenters. The predicted octanol–water partition coefficient (Wildman–Crippen LogP) is 5.80. The Hall–Kier alpha value is -4.54. The molecule has 0 saturated heterocycles. The molecular weight excluding hydrogens is 602 g/mol. The highest BCUT2D eigenvalue weighted by molar-refractivity contribution is 7.21.